The summed E-state index contributed by atoms with van der Waals surface area (Å²) >= 11 is 0. The fourth-order valence-corrected chi connectivity index (χ4v) is 8.13. The van der Waals surface area contributed by atoms with Crippen LogP contribution >= 0.6 is 0 Å². The van der Waals surface area contributed by atoms with Crippen molar-refractivity contribution in [2.24, 2.45) is 65.1 Å². The van der Waals surface area contributed by atoms with Gasteiger partial charge in [-0.25, -0.2) is 0 Å². The number of rotatable bonds is 6. The highest BCUT2D eigenvalue weighted by molar-refractivity contribution is 5.10. The molecule has 0 aromatic carbocycles. The van der Waals surface area contributed by atoms with Gasteiger partial charge in [0, 0.05) is 12.8 Å². The molecule has 8 atom stereocenters. The number of hydrogen-bond donors (Lipinski definition) is 0. The van der Waals surface area contributed by atoms with E-state index in [1.165, 1.54) is 19.3 Å². The van der Waals surface area contributed by atoms with E-state index >= 15 is 0 Å². The molecule has 0 amide bonds. The molecule has 8 unspecified atom stereocenters. The van der Waals surface area contributed by atoms with Gasteiger partial charge < -0.3 is 9.47 Å². The summed E-state index contributed by atoms with van der Waals surface area (Å²) in [7, 11) is 0. The molecule has 28 heavy (non-hydrogen) atoms. The molecule has 1 aliphatic heterocycles. The van der Waals surface area contributed by atoms with Crippen LogP contribution in [0.1, 0.15) is 80.6 Å². The maximum atomic E-state index is 6.10. The minimum atomic E-state index is -0.228. The van der Waals surface area contributed by atoms with Crippen LogP contribution in [-0.2, 0) is 9.47 Å². The van der Waals surface area contributed by atoms with Gasteiger partial charge in [-0.3, -0.25) is 0 Å². The minimum Gasteiger partial charge on any atom is -0.348 e. The Hall–Kier alpha value is -0.0800. The van der Waals surface area contributed by atoms with Crippen LogP contribution in [0.5, 0.6) is 0 Å². The zero-order chi connectivity index (χ0) is 20.2. The third-order valence-electron chi connectivity index (χ3n) is 9.51. The average molecular weight is 391 g/mol. The van der Waals surface area contributed by atoms with E-state index in [4.69, 9.17) is 9.47 Å². The topological polar surface area (TPSA) is 18.5 Å². The molecule has 2 heteroatoms. The molecule has 2 nitrogen and oxygen atoms in total. The molecule has 3 aliphatic carbocycles. The summed E-state index contributed by atoms with van der Waals surface area (Å²) < 4.78 is 12.2. The van der Waals surface area contributed by atoms with Gasteiger partial charge >= 0.3 is 0 Å². The van der Waals surface area contributed by atoms with Gasteiger partial charge in [-0.05, 0) is 84.4 Å². The normalized spacial score (nSPS) is 43.3. The molecular weight excluding hydrogens is 344 g/mol. The molecule has 1 saturated heterocycles. The lowest BCUT2D eigenvalue weighted by Crippen LogP contribution is -2.43. The Labute approximate surface area is 174 Å². The van der Waals surface area contributed by atoms with E-state index in [0.717, 1.165) is 91.2 Å². The Morgan fingerprint density at radius 1 is 0.821 bits per heavy atom. The van der Waals surface area contributed by atoms with Crippen LogP contribution in [0, 0.1) is 65.1 Å². The monoisotopic (exact) mass is 390 g/mol. The van der Waals surface area contributed by atoms with E-state index in [1.54, 1.807) is 0 Å². The summed E-state index contributed by atoms with van der Waals surface area (Å²) in [6, 6.07) is 0. The lowest BCUT2D eigenvalue weighted by molar-refractivity contribution is -0.202. The summed E-state index contributed by atoms with van der Waals surface area (Å²) in [5.74, 6) is 9.78. The molecule has 0 N–H and O–H groups in total. The van der Waals surface area contributed by atoms with Crippen LogP contribution in [0.2, 0.25) is 0 Å². The van der Waals surface area contributed by atoms with Crippen molar-refractivity contribution >= 4 is 0 Å². The molecule has 4 rings (SSSR count). The van der Waals surface area contributed by atoms with Crippen LogP contribution in [0.4, 0.5) is 0 Å². The van der Waals surface area contributed by atoms with Crippen molar-refractivity contribution in [1.29, 1.82) is 0 Å². The molecule has 162 valence electrons. The van der Waals surface area contributed by atoms with Crippen molar-refractivity contribution in [2.45, 2.75) is 86.4 Å². The number of ether oxygens (including phenoxy) is 2. The van der Waals surface area contributed by atoms with Gasteiger partial charge in [-0.2, -0.15) is 0 Å². The van der Waals surface area contributed by atoms with Gasteiger partial charge in [-0.15, -0.1) is 0 Å². The van der Waals surface area contributed by atoms with Crippen LogP contribution in [-0.4, -0.2) is 19.0 Å². The van der Waals surface area contributed by atoms with Gasteiger partial charge in [-0.1, -0.05) is 48.5 Å². The molecule has 0 aromatic rings. The SMILES string of the molecule is CC(C)C1CC2(CCC1C(C)CC1C3CC(C(C)C)C(C(C)C)C13)OCCO2. The molecule has 0 radical (unpaired) electrons. The maximum absolute atomic E-state index is 6.10. The van der Waals surface area contributed by atoms with Gasteiger partial charge in [0.25, 0.3) is 0 Å². The third-order valence-corrected chi connectivity index (χ3v) is 9.51. The summed E-state index contributed by atoms with van der Waals surface area (Å²) in [6.07, 6.45) is 6.54. The average Bonchev–Trinajstić information content (AvgIpc) is 3.00. The molecule has 4 fully saturated rings. The molecule has 1 spiro atoms. The van der Waals surface area contributed by atoms with Gasteiger partial charge in [0.15, 0.2) is 5.79 Å². The smallest absolute Gasteiger partial charge is 0.168 e. The van der Waals surface area contributed by atoms with E-state index in [9.17, 15) is 0 Å². The Balaban J connectivity index is 1.38. The molecule has 1 heterocycles. The number of hydrogen-bond acceptors (Lipinski definition) is 2. The first-order valence-electron chi connectivity index (χ1n) is 12.5. The molecule has 0 aromatic heterocycles. The second kappa shape index (κ2) is 7.88. The van der Waals surface area contributed by atoms with Gasteiger partial charge in [0.2, 0.25) is 0 Å². The predicted molar refractivity (Wildman–Crippen MR) is 116 cm³/mol. The highest BCUT2D eigenvalue weighted by Gasteiger charge is 2.62. The highest BCUT2D eigenvalue weighted by atomic mass is 16.7. The quantitative estimate of drug-likeness (QED) is 0.506. The van der Waals surface area contributed by atoms with E-state index in [-0.39, 0.29) is 5.79 Å². The highest BCUT2D eigenvalue weighted by Crippen LogP contribution is 2.68. The molecule has 0 bridgehead atoms. The van der Waals surface area contributed by atoms with E-state index in [2.05, 4.69) is 48.5 Å². The van der Waals surface area contributed by atoms with Crippen LogP contribution in [0.3, 0.4) is 0 Å². The van der Waals surface area contributed by atoms with Crippen molar-refractivity contribution in [2.75, 3.05) is 13.2 Å². The molecular formula is C26H46O2. The second-order valence-electron chi connectivity index (χ2n) is 12.0. The molecule has 4 aliphatic rings. The van der Waals surface area contributed by atoms with Gasteiger partial charge in [0.1, 0.15) is 0 Å². The van der Waals surface area contributed by atoms with Crippen LogP contribution in [0.25, 0.3) is 0 Å². The third kappa shape index (κ3) is 3.70. The lowest BCUT2D eigenvalue weighted by atomic mass is 9.65. The first kappa shape index (κ1) is 21.2. The van der Waals surface area contributed by atoms with Crippen molar-refractivity contribution in [3.8, 4) is 0 Å². The second-order valence-corrected chi connectivity index (χ2v) is 12.0. The zero-order valence-corrected chi connectivity index (χ0v) is 19.6. The Kier molecular flexibility index (Phi) is 5.95. The Morgan fingerprint density at radius 3 is 2.04 bits per heavy atom. The van der Waals surface area contributed by atoms with Crippen LogP contribution < -0.4 is 0 Å². The predicted octanol–water partition coefficient (Wildman–Crippen LogP) is 6.64. The zero-order valence-electron chi connectivity index (χ0n) is 19.6. The number of fused-ring (bicyclic) bond motifs is 1. The minimum absolute atomic E-state index is 0.228. The van der Waals surface area contributed by atoms with Crippen molar-refractivity contribution in [1.82, 2.24) is 0 Å². The van der Waals surface area contributed by atoms with Crippen LogP contribution in [0.15, 0.2) is 0 Å². The summed E-state index contributed by atoms with van der Waals surface area (Å²) in [5, 5.41) is 0. The first-order valence-corrected chi connectivity index (χ1v) is 12.5. The first-order chi connectivity index (χ1) is 13.2. The summed E-state index contributed by atoms with van der Waals surface area (Å²) in [6.45, 7) is 18.9. The van der Waals surface area contributed by atoms with E-state index in [0.29, 0.717) is 0 Å². The fourth-order valence-electron chi connectivity index (χ4n) is 8.13. The fraction of sp³-hybridized carbons (Fsp3) is 1.00. The summed E-state index contributed by atoms with van der Waals surface area (Å²) in [4.78, 5) is 0. The largest absolute Gasteiger partial charge is 0.348 e. The lowest BCUT2D eigenvalue weighted by Gasteiger charge is -2.45. The maximum Gasteiger partial charge on any atom is 0.168 e. The van der Waals surface area contributed by atoms with Crippen molar-refractivity contribution < 1.29 is 9.47 Å². The van der Waals surface area contributed by atoms with Gasteiger partial charge in [0.05, 0.1) is 13.2 Å². The van der Waals surface area contributed by atoms with Crippen molar-refractivity contribution in [3.05, 3.63) is 0 Å². The Morgan fingerprint density at radius 2 is 1.46 bits per heavy atom. The van der Waals surface area contributed by atoms with E-state index < -0.39 is 0 Å². The standard InChI is InChI=1S/C26H46O2/c1-15(2)20-13-22-21(25(22)24(20)17(5)6)12-18(7)19-8-9-26(27-10-11-28-26)14-23(19)16(3)4/h15-25H,8-14H2,1-7H3. The van der Waals surface area contributed by atoms with Crippen molar-refractivity contribution in [3.63, 3.8) is 0 Å². The van der Waals surface area contributed by atoms with E-state index in [1.807, 2.05) is 0 Å². The Bertz CT molecular complexity index is 533. The summed E-state index contributed by atoms with van der Waals surface area (Å²) in [5.41, 5.74) is 0. The molecule has 3 saturated carbocycles.